The summed E-state index contributed by atoms with van der Waals surface area (Å²) in [5.74, 6) is 0.772. The molecule has 1 rings (SSSR count). The van der Waals surface area contributed by atoms with Gasteiger partial charge in [0.25, 0.3) is 0 Å². The maximum atomic E-state index is 9.73. The van der Waals surface area contributed by atoms with Crippen LogP contribution in [0.25, 0.3) is 0 Å². The van der Waals surface area contributed by atoms with Gasteiger partial charge in [0.1, 0.15) is 0 Å². The molecule has 1 aliphatic rings. The van der Waals surface area contributed by atoms with Gasteiger partial charge in [-0.15, -0.1) is 0 Å². The van der Waals surface area contributed by atoms with E-state index < -0.39 is 6.10 Å². The van der Waals surface area contributed by atoms with Crippen molar-refractivity contribution in [1.29, 1.82) is 0 Å². The molecule has 0 heterocycles. The Morgan fingerprint density at radius 1 is 1.47 bits per heavy atom. The molecule has 4 nitrogen and oxygen atoms in total. The van der Waals surface area contributed by atoms with Gasteiger partial charge in [-0.05, 0) is 38.3 Å². The van der Waals surface area contributed by atoms with Gasteiger partial charge in [0, 0.05) is 6.54 Å². The van der Waals surface area contributed by atoms with Crippen molar-refractivity contribution in [3.05, 3.63) is 0 Å². The van der Waals surface area contributed by atoms with Gasteiger partial charge in [-0.25, -0.2) is 0 Å². The van der Waals surface area contributed by atoms with Crippen LogP contribution < -0.4 is 11.1 Å². The second-order valence-corrected chi connectivity index (χ2v) is 5.23. The zero-order chi connectivity index (χ0) is 12.5. The SMILES string of the molecule is CC1CCCC(OCC(O)CNCCCN)C1. The third-order valence-corrected chi connectivity index (χ3v) is 3.35. The predicted octanol–water partition coefficient (Wildman–Crippen LogP) is 0.881. The topological polar surface area (TPSA) is 67.5 Å². The van der Waals surface area contributed by atoms with Crippen molar-refractivity contribution in [2.45, 2.75) is 51.2 Å². The van der Waals surface area contributed by atoms with E-state index in [1.165, 1.54) is 12.8 Å². The summed E-state index contributed by atoms with van der Waals surface area (Å²) >= 11 is 0. The van der Waals surface area contributed by atoms with Crippen molar-refractivity contribution in [3.63, 3.8) is 0 Å². The summed E-state index contributed by atoms with van der Waals surface area (Å²) in [5, 5.41) is 12.9. The van der Waals surface area contributed by atoms with E-state index in [2.05, 4.69) is 12.2 Å². The summed E-state index contributed by atoms with van der Waals surface area (Å²) in [6.45, 7) is 4.89. The van der Waals surface area contributed by atoms with Gasteiger partial charge in [0.15, 0.2) is 0 Å². The van der Waals surface area contributed by atoms with Crippen molar-refractivity contribution in [1.82, 2.24) is 5.32 Å². The highest BCUT2D eigenvalue weighted by Gasteiger charge is 2.20. The second-order valence-electron chi connectivity index (χ2n) is 5.23. The van der Waals surface area contributed by atoms with Gasteiger partial charge < -0.3 is 20.9 Å². The van der Waals surface area contributed by atoms with Crippen LogP contribution in [0.2, 0.25) is 0 Å². The lowest BCUT2D eigenvalue weighted by atomic mass is 9.89. The highest BCUT2D eigenvalue weighted by molar-refractivity contribution is 4.71. The lowest BCUT2D eigenvalue weighted by Crippen LogP contribution is -2.34. The van der Waals surface area contributed by atoms with E-state index in [0.717, 1.165) is 31.7 Å². The lowest BCUT2D eigenvalue weighted by molar-refractivity contribution is -0.0305. The third-order valence-electron chi connectivity index (χ3n) is 3.35. The van der Waals surface area contributed by atoms with E-state index >= 15 is 0 Å². The van der Waals surface area contributed by atoms with Crippen LogP contribution in [-0.2, 0) is 4.74 Å². The van der Waals surface area contributed by atoms with Gasteiger partial charge in [-0.2, -0.15) is 0 Å². The van der Waals surface area contributed by atoms with Crippen LogP contribution >= 0.6 is 0 Å². The zero-order valence-corrected chi connectivity index (χ0v) is 11.0. The Kier molecular flexibility index (Phi) is 7.77. The number of aliphatic hydroxyl groups is 1. The minimum absolute atomic E-state index is 0.359. The molecule has 1 fully saturated rings. The second kappa shape index (κ2) is 8.86. The summed E-state index contributed by atoms with van der Waals surface area (Å²) in [5.41, 5.74) is 5.39. The molecule has 1 aliphatic carbocycles. The largest absolute Gasteiger partial charge is 0.389 e. The predicted molar refractivity (Wildman–Crippen MR) is 69.9 cm³/mol. The Bertz CT molecular complexity index is 190. The molecular weight excluding hydrogens is 216 g/mol. The number of ether oxygens (including phenoxy) is 1. The maximum absolute atomic E-state index is 9.73. The monoisotopic (exact) mass is 244 g/mol. The standard InChI is InChI=1S/C13H28N2O2/c1-11-4-2-5-13(8-11)17-10-12(16)9-15-7-3-6-14/h11-13,15-16H,2-10,14H2,1H3. The Morgan fingerprint density at radius 2 is 2.29 bits per heavy atom. The molecule has 102 valence electrons. The van der Waals surface area contributed by atoms with Crippen molar-refractivity contribution in [2.75, 3.05) is 26.2 Å². The summed E-state index contributed by atoms with van der Waals surface area (Å²) < 4.78 is 5.76. The Labute approximate surface area is 105 Å². The fourth-order valence-electron chi connectivity index (χ4n) is 2.33. The van der Waals surface area contributed by atoms with Crippen molar-refractivity contribution in [3.8, 4) is 0 Å². The minimum Gasteiger partial charge on any atom is -0.389 e. The van der Waals surface area contributed by atoms with Crippen LogP contribution in [0.15, 0.2) is 0 Å². The van der Waals surface area contributed by atoms with Gasteiger partial charge in [-0.3, -0.25) is 0 Å². The molecule has 0 bridgehead atoms. The highest BCUT2D eigenvalue weighted by Crippen LogP contribution is 2.25. The molecule has 4 heteroatoms. The number of nitrogens with two attached hydrogens (primary N) is 1. The van der Waals surface area contributed by atoms with Crippen LogP contribution in [0.1, 0.15) is 39.0 Å². The van der Waals surface area contributed by atoms with Gasteiger partial charge in [0.2, 0.25) is 0 Å². The van der Waals surface area contributed by atoms with Crippen LogP contribution in [0, 0.1) is 5.92 Å². The summed E-state index contributed by atoms with van der Waals surface area (Å²) in [7, 11) is 0. The first-order valence-corrected chi connectivity index (χ1v) is 6.92. The third kappa shape index (κ3) is 6.99. The van der Waals surface area contributed by atoms with E-state index in [-0.39, 0.29) is 0 Å². The normalized spacial score (nSPS) is 27.0. The van der Waals surface area contributed by atoms with E-state index in [0.29, 0.717) is 25.8 Å². The van der Waals surface area contributed by atoms with Crippen LogP contribution in [0.4, 0.5) is 0 Å². The van der Waals surface area contributed by atoms with Gasteiger partial charge >= 0.3 is 0 Å². The Morgan fingerprint density at radius 3 is 3.00 bits per heavy atom. The smallest absolute Gasteiger partial charge is 0.0897 e. The number of hydrogen-bond donors (Lipinski definition) is 3. The molecule has 0 aliphatic heterocycles. The molecular formula is C13H28N2O2. The molecule has 0 amide bonds. The van der Waals surface area contributed by atoms with Crippen molar-refractivity contribution in [2.24, 2.45) is 11.7 Å². The van der Waals surface area contributed by atoms with Crippen molar-refractivity contribution < 1.29 is 9.84 Å². The summed E-state index contributed by atoms with van der Waals surface area (Å²) in [6, 6.07) is 0. The average molecular weight is 244 g/mol. The molecule has 0 saturated heterocycles. The molecule has 0 aromatic carbocycles. The molecule has 1 saturated carbocycles. The fourth-order valence-corrected chi connectivity index (χ4v) is 2.33. The van der Waals surface area contributed by atoms with E-state index in [1.54, 1.807) is 0 Å². The van der Waals surface area contributed by atoms with Gasteiger partial charge in [0.05, 0.1) is 18.8 Å². The first-order valence-electron chi connectivity index (χ1n) is 6.92. The maximum Gasteiger partial charge on any atom is 0.0897 e. The number of rotatable bonds is 8. The number of hydrogen-bond acceptors (Lipinski definition) is 4. The lowest BCUT2D eigenvalue weighted by Gasteiger charge is -2.27. The molecule has 17 heavy (non-hydrogen) atoms. The van der Waals surface area contributed by atoms with Gasteiger partial charge in [-0.1, -0.05) is 19.8 Å². The van der Waals surface area contributed by atoms with Crippen LogP contribution in [-0.4, -0.2) is 43.6 Å². The fraction of sp³-hybridized carbons (Fsp3) is 1.00. The van der Waals surface area contributed by atoms with E-state index in [9.17, 15) is 5.11 Å². The van der Waals surface area contributed by atoms with E-state index in [1.807, 2.05) is 0 Å². The number of nitrogens with one attached hydrogen (secondary N) is 1. The Balaban J connectivity index is 2.00. The first-order chi connectivity index (χ1) is 8.22. The van der Waals surface area contributed by atoms with Crippen LogP contribution in [0.3, 0.4) is 0 Å². The number of aliphatic hydroxyl groups excluding tert-OH is 1. The quantitative estimate of drug-likeness (QED) is 0.555. The summed E-state index contributed by atoms with van der Waals surface area (Å²) in [6.07, 6.45) is 5.79. The first kappa shape index (κ1) is 14.9. The molecule has 0 radical (unpaired) electrons. The average Bonchev–Trinajstić information content (AvgIpc) is 2.32. The van der Waals surface area contributed by atoms with E-state index in [4.69, 9.17) is 10.5 Å². The van der Waals surface area contributed by atoms with Crippen LogP contribution in [0.5, 0.6) is 0 Å². The minimum atomic E-state index is -0.398. The highest BCUT2D eigenvalue weighted by atomic mass is 16.5. The molecule has 0 aromatic heterocycles. The molecule has 3 atom stereocenters. The van der Waals surface area contributed by atoms with Crippen molar-refractivity contribution >= 4 is 0 Å². The molecule has 0 spiro atoms. The molecule has 3 unspecified atom stereocenters. The zero-order valence-electron chi connectivity index (χ0n) is 11.0. The Hall–Kier alpha value is -0.160. The molecule has 0 aromatic rings. The summed E-state index contributed by atoms with van der Waals surface area (Å²) in [4.78, 5) is 0. The molecule has 4 N–H and O–H groups in total.